The minimum Gasteiger partial charge on any atom is -0.380 e. The lowest BCUT2D eigenvalue weighted by Crippen LogP contribution is -2.41. The van der Waals surface area contributed by atoms with E-state index in [1.165, 1.54) is 0 Å². The molecular formula is C12H22N4O2. The fourth-order valence-corrected chi connectivity index (χ4v) is 1.74. The molecule has 6 nitrogen and oxygen atoms in total. The Labute approximate surface area is 108 Å². The lowest BCUT2D eigenvalue weighted by atomic mass is 10.1. The maximum atomic E-state index is 11.2. The number of hydrogen-bond donors (Lipinski definition) is 2. The number of carbonyl (C=O) groups excluding carboxylic acids is 1. The Kier molecular flexibility index (Phi) is 5.30. The van der Waals surface area contributed by atoms with Crippen LogP contribution in [0.1, 0.15) is 31.4 Å². The quantitative estimate of drug-likeness (QED) is 0.656. The standard InChI is InChI=1S/C12H22N4O2/c1-4-18-8-6-14-9-12(2,3)16-7-5-15-11(16)10(13)17/h5,7,14H,4,6,8-9H2,1-3H3,(H2,13,17). The number of nitrogens with one attached hydrogen (secondary N) is 1. The van der Waals surface area contributed by atoms with Crippen molar-refractivity contribution in [3.05, 3.63) is 18.2 Å². The molecule has 0 aliphatic carbocycles. The monoisotopic (exact) mass is 254 g/mol. The lowest BCUT2D eigenvalue weighted by molar-refractivity contribution is 0.0978. The van der Waals surface area contributed by atoms with Crippen LogP contribution in [0.2, 0.25) is 0 Å². The summed E-state index contributed by atoms with van der Waals surface area (Å²) in [5.74, 6) is -0.228. The second-order valence-electron chi connectivity index (χ2n) is 4.67. The zero-order valence-electron chi connectivity index (χ0n) is 11.3. The van der Waals surface area contributed by atoms with Gasteiger partial charge in [-0.15, -0.1) is 0 Å². The van der Waals surface area contributed by atoms with Crippen molar-refractivity contribution in [2.45, 2.75) is 26.3 Å². The molecule has 3 N–H and O–H groups in total. The van der Waals surface area contributed by atoms with Crippen LogP contribution >= 0.6 is 0 Å². The SMILES string of the molecule is CCOCCNCC(C)(C)n1ccnc1C(N)=O. The van der Waals surface area contributed by atoms with Gasteiger partial charge in [0.15, 0.2) is 5.82 Å². The predicted molar refractivity (Wildman–Crippen MR) is 69.4 cm³/mol. The van der Waals surface area contributed by atoms with Gasteiger partial charge in [0.1, 0.15) is 0 Å². The van der Waals surface area contributed by atoms with Crippen LogP contribution in [0.25, 0.3) is 0 Å². The van der Waals surface area contributed by atoms with Crippen molar-refractivity contribution in [3.63, 3.8) is 0 Å². The Morgan fingerprint density at radius 2 is 2.33 bits per heavy atom. The van der Waals surface area contributed by atoms with Crippen LogP contribution in [0, 0.1) is 0 Å². The molecule has 0 radical (unpaired) electrons. The maximum absolute atomic E-state index is 11.2. The molecule has 0 aliphatic heterocycles. The van der Waals surface area contributed by atoms with E-state index in [0.29, 0.717) is 13.2 Å². The van der Waals surface area contributed by atoms with E-state index in [2.05, 4.69) is 10.3 Å². The van der Waals surface area contributed by atoms with E-state index in [1.807, 2.05) is 20.8 Å². The molecule has 0 saturated carbocycles. The second kappa shape index (κ2) is 6.51. The smallest absolute Gasteiger partial charge is 0.284 e. The van der Waals surface area contributed by atoms with Crippen LogP contribution < -0.4 is 11.1 Å². The number of nitrogens with two attached hydrogens (primary N) is 1. The molecule has 0 unspecified atom stereocenters. The molecule has 1 aromatic rings. The molecule has 1 heterocycles. The van der Waals surface area contributed by atoms with E-state index >= 15 is 0 Å². The Morgan fingerprint density at radius 1 is 1.61 bits per heavy atom. The van der Waals surface area contributed by atoms with Gasteiger partial charge in [0.25, 0.3) is 5.91 Å². The summed E-state index contributed by atoms with van der Waals surface area (Å²) in [4.78, 5) is 15.2. The molecule has 0 saturated heterocycles. The molecule has 0 aromatic carbocycles. The Bertz CT molecular complexity index is 387. The van der Waals surface area contributed by atoms with E-state index in [0.717, 1.165) is 13.2 Å². The average Bonchev–Trinajstić information content (AvgIpc) is 2.78. The topological polar surface area (TPSA) is 82.2 Å². The number of ether oxygens (including phenoxy) is 1. The third kappa shape index (κ3) is 3.82. The Hall–Kier alpha value is -1.40. The van der Waals surface area contributed by atoms with Crippen LogP contribution in [-0.4, -0.2) is 41.8 Å². The van der Waals surface area contributed by atoms with Gasteiger partial charge in [0.2, 0.25) is 0 Å². The maximum Gasteiger partial charge on any atom is 0.284 e. The molecular weight excluding hydrogens is 232 g/mol. The van der Waals surface area contributed by atoms with Crippen molar-refractivity contribution < 1.29 is 9.53 Å². The van der Waals surface area contributed by atoms with Crippen molar-refractivity contribution in [2.75, 3.05) is 26.3 Å². The highest BCUT2D eigenvalue weighted by atomic mass is 16.5. The third-order valence-electron chi connectivity index (χ3n) is 2.70. The van der Waals surface area contributed by atoms with Crippen LogP contribution in [0.5, 0.6) is 0 Å². The van der Waals surface area contributed by atoms with E-state index in [-0.39, 0.29) is 11.4 Å². The number of hydrogen-bond acceptors (Lipinski definition) is 4. The molecule has 0 atom stereocenters. The summed E-state index contributed by atoms with van der Waals surface area (Å²) in [5.41, 5.74) is 5.02. The average molecular weight is 254 g/mol. The third-order valence-corrected chi connectivity index (χ3v) is 2.70. The highest BCUT2D eigenvalue weighted by Gasteiger charge is 2.24. The first-order valence-corrected chi connectivity index (χ1v) is 6.11. The normalized spacial score (nSPS) is 11.7. The number of primary amides is 1. The molecule has 1 rings (SSSR count). The van der Waals surface area contributed by atoms with Crippen molar-refractivity contribution >= 4 is 5.91 Å². The summed E-state index contributed by atoms with van der Waals surface area (Å²) >= 11 is 0. The Morgan fingerprint density at radius 3 is 2.94 bits per heavy atom. The molecule has 0 spiro atoms. The summed E-state index contributed by atoms with van der Waals surface area (Å²) in [6.07, 6.45) is 3.35. The van der Waals surface area contributed by atoms with Gasteiger partial charge in [-0.2, -0.15) is 0 Å². The van der Waals surface area contributed by atoms with E-state index in [1.54, 1.807) is 17.0 Å². The van der Waals surface area contributed by atoms with Gasteiger partial charge in [-0.3, -0.25) is 4.79 Å². The van der Waals surface area contributed by atoms with Gasteiger partial charge in [0.05, 0.1) is 12.1 Å². The summed E-state index contributed by atoms with van der Waals surface area (Å²) in [6, 6.07) is 0. The van der Waals surface area contributed by atoms with Crippen LogP contribution in [-0.2, 0) is 10.3 Å². The summed E-state index contributed by atoms with van der Waals surface area (Å²) in [7, 11) is 0. The number of amides is 1. The van der Waals surface area contributed by atoms with Gasteiger partial charge in [-0.05, 0) is 20.8 Å². The molecule has 0 bridgehead atoms. The zero-order chi connectivity index (χ0) is 13.6. The number of carbonyl (C=O) groups is 1. The van der Waals surface area contributed by atoms with Gasteiger partial charge >= 0.3 is 0 Å². The number of imidazole rings is 1. The van der Waals surface area contributed by atoms with Gasteiger partial charge in [-0.1, -0.05) is 0 Å². The van der Waals surface area contributed by atoms with E-state index in [9.17, 15) is 4.79 Å². The summed E-state index contributed by atoms with van der Waals surface area (Å²) in [6.45, 7) is 8.89. The van der Waals surface area contributed by atoms with Gasteiger partial charge in [0, 0.05) is 32.1 Å². The van der Waals surface area contributed by atoms with Crippen LogP contribution in [0.4, 0.5) is 0 Å². The van der Waals surface area contributed by atoms with Crippen molar-refractivity contribution in [3.8, 4) is 0 Å². The molecule has 0 aliphatic rings. The minimum atomic E-state index is -0.512. The van der Waals surface area contributed by atoms with Crippen LogP contribution in [0.15, 0.2) is 12.4 Å². The fraction of sp³-hybridized carbons (Fsp3) is 0.667. The molecule has 1 aromatic heterocycles. The van der Waals surface area contributed by atoms with Gasteiger partial charge < -0.3 is 20.4 Å². The predicted octanol–water partition coefficient (Wildman–Crippen LogP) is 0.343. The van der Waals surface area contributed by atoms with E-state index in [4.69, 9.17) is 10.5 Å². The van der Waals surface area contributed by atoms with Crippen molar-refractivity contribution in [1.82, 2.24) is 14.9 Å². The largest absolute Gasteiger partial charge is 0.380 e. The van der Waals surface area contributed by atoms with Crippen LogP contribution in [0.3, 0.4) is 0 Å². The number of aromatic nitrogens is 2. The zero-order valence-corrected chi connectivity index (χ0v) is 11.3. The summed E-state index contributed by atoms with van der Waals surface area (Å²) < 4.78 is 7.04. The first kappa shape index (κ1) is 14.7. The highest BCUT2D eigenvalue weighted by molar-refractivity contribution is 5.89. The van der Waals surface area contributed by atoms with E-state index < -0.39 is 5.91 Å². The minimum absolute atomic E-state index is 0.271. The first-order valence-electron chi connectivity index (χ1n) is 6.11. The fourth-order valence-electron chi connectivity index (χ4n) is 1.74. The number of rotatable bonds is 8. The second-order valence-corrected chi connectivity index (χ2v) is 4.67. The van der Waals surface area contributed by atoms with Crippen molar-refractivity contribution in [2.24, 2.45) is 5.73 Å². The first-order chi connectivity index (χ1) is 8.49. The lowest BCUT2D eigenvalue weighted by Gasteiger charge is -2.28. The molecule has 0 fully saturated rings. The van der Waals surface area contributed by atoms with Gasteiger partial charge in [-0.25, -0.2) is 4.98 Å². The molecule has 18 heavy (non-hydrogen) atoms. The Balaban J connectivity index is 2.57. The summed E-state index contributed by atoms with van der Waals surface area (Å²) in [5, 5.41) is 3.29. The highest BCUT2D eigenvalue weighted by Crippen LogP contribution is 2.16. The molecule has 102 valence electrons. The molecule has 6 heteroatoms. The van der Waals surface area contributed by atoms with Crippen molar-refractivity contribution in [1.29, 1.82) is 0 Å². The number of nitrogens with zero attached hydrogens (tertiary/aromatic N) is 2. The molecule has 1 amide bonds.